The van der Waals surface area contributed by atoms with Gasteiger partial charge >= 0.3 is 6.98 Å². The first-order valence-electron chi connectivity index (χ1n) is 5.77. The van der Waals surface area contributed by atoms with Crippen molar-refractivity contribution in [2.24, 2.45) is 0 Å². The van der Waals surface area contributed by atoms with Gasteiger partial charge in [-0.15, -0.1) is 5.46 Å². The number of hydrogen-bond acceptors (Lipinski definition) is 3. The standard InChI is InChI=1S/C13H9BF3N2O/c15-14(16,17)11-3-5-12(6-4-11)20-9-10-2-1-7-19-13(10)8-18/h1-7H,9H2/q-1. The maximum absolute atomic E-state index is 12.4. The lowest BCUT2D eigenvalue weighted by molar-refractivity contribution is 0.305. The van der Waals surface area contributed by atoms with Crippen LogP contribution >= 0.6 is 0 Å². The minimum atomic E-state index is -5.00. The fourth-order valence-electron chi connectivity index (χ4n) is 1.60. The van der Waals surface area contributed by atoms with Crippen LogP contribution in [0.5, 0.6) is 5.75 Å². The second kappa shape index (κ2) is 5.65. The van der Waals surface area contributed by atoms with Crippen LogP contribution in [0.15, 0.2) is 42.6 Å². The minimum Gasteiger partial charge on any atom is -0.489 e. The van der Waals surface area contributed by atoms with E-state index in [0.29, 0.717) is 11.3 Å². The first-order chi connectivity index (χ1) is 9.50. The van der Waals surface area contributed by atoms with Gasteiger partial charge in [0.2, 0.25) is 0 Å². The molecule has 0 spiro atoms. The summed E-state index contributed by atoms with van der Waals surface area (Å²) in [5, 5.41) is 8.85. The quantitative estimate of drug-likeness (QED) is 0.807. The average Bonchev–Trinajstić information content (AvgIpc) is 2.45. The zero-order valence-electron chi connectivity index (χ0n) is 10.3. The van der Waals surface area contributed by atoms with E-state index in [9.17, 15) is 12.9 Å². The molecule has 0 aliphatic rings. The highest BCUT2D eigenvalue weighted by molar-refractivity contribution is 6.73. The highest BCUT2D eigenvalue weighted by Gasteiger charge is 2.24. The normalized spacial score (nSPS) is 10.9. The van der Waals surface area contributed by atoms with Crippen LogP contribution in [-0.2, 0) is 6.61 Å². The third kappa shape index (κ3) is 3.29. The molecule has 3 nitrogen and oxygen atoms in total. The molecule has 0 saturated heterocycles. The molecule has 102 valence electrons. The Kier molecular flexibility index (Phi) is 3.94. The van der Waals surface area contributed by atoms with Gasteiger partial charge in [0, 0.05) is 11.8 Å². The van der Waals surface area contributed by atoms with E-state index in [4.69, 9.17) is 10.00 Å². The van der Waals surface area contributed by atoms with Gasteiger partial charge in [0.05, 0.1) is 0 Å². The largest absolute Gasteiger partial charge is 0.509 e. The van der Waals surface area contributed by atoms with E-state index in [2.05, 4.69) is 4.98 Å². The van der Waals surface area contributed by atoms with E-state index in [1.54, 1.807) is 12.1 Å². The monoisotopic (exact) mass is 277 g/mol. The third-order valence-electron chi connectivity index (χ3n) is 2.65. The zero-order valence-corrected chi connectivity index (χ0v) is 10.3. The molecule has 0 atom stereocenters. The molecule has 0 amide bonds. The van der Waals surface area contributed by atoms with Crippen LogP contribution in [-0.4, -0.2) is 12.0 Å². The van der Waals surface area contributed by atoms with Crippen molar-refractivity contribution >= 4 is 12.4 Å². The summed E-state index contributed by atoms with van der Waals surface area (Å²) < 4.78 is 42.7. The number of rotatable bonds is 4. The summed E-state index contributed by atoms with van der Waals surface area (Å²) in [7, 11) is 0. The van der Waals surface area contributed by atoms with Gasteiger partial charge in [0.25, 0.3) is 0 Å². The Bertz CT molecular complexity index is 635. The van der Waals surface area contributed by atoms with Crippen molar-refractivity contribution in [3.8, 4) is 11.8 Å². The maximum Gasteiger partial charge on any atom is 0.509 e. The van der Waals surface area contributed by atoms with Gasteiger partial charge in [-0.05, 0) is 18.2 Å². The van der Waals surface area contributed by atoms with Crippen LogP contribution in [0.25, 0.3) is 0 Å². The Balaban J connectivity index is 2.07. The Labute approximate surface area is 113 Å². The molecule has 0 radical (unpaired) electrons. The molecule has 0 bridgehead atoms. The zero-order chi connectivity index (χ0) is 14.6. The van der Waals surface area contributed by atoms with E-state index >= 15 is 0 Å². The predicted octanol–water partition coefficient (Wildman–Crippen LogP) is 2.59. The molecule has 2 rings (SSSR count). The van der Waals surface area contributed by atoms with Gasteiger partial charge in [0.15, 0.2) is 0 Å². The molecule has 2 aromatic rings. The van der Waals surface area contributed by atoms with Crippen molar-refractivity contribution in [1.82, 2.24) is 4.98 Å². The number of pyridine rings is 1. The Morgan fingerprint density at radius 2 is 1.85 bits per heavy atom. The van der Waals surface area contributed by atoms with Crippen molar-refractivity contribution in [2.45, 2.75) is 6.61 Å². The van der Waals surface area contributed by atoms with Gasteiger partial charge in [-0.2, -0.15) is 5.26 Å². The third-order valence-corrected chi connectivity index (χ3v) is 2.65. The number of ether oxygens (including phenoxy) is 1. The summed E-state index contributed by atoms with van der Waals surface area (Å²) in [5.41, 5.74) is 0.151. The van der Waals surface area contributed by atoms with Crippen LogP contribution in [0.3, 0.4) is 0 Å². The fraction of sp³-hybridized carbons (Fsp3) is 0.0769. The molecule has 20 heavy (non-hydrogen) atoms. The highest BCUT2D eigenvalue weighted by atomic mass is 19.4. The molecule has 0 aliphatic carbocycles. The molecule has 1 heterocycles. The van der Waals surface area contributed by atoms with Crippen LogP contribution in [0.4, 0.5) is 12.9 Å². The molecular weight excluding hydrogens is 268 g/mol. The maximum atomic E-state index is 12.4. The molecule has 0 saturated carbocycles. The molecule has 7 heteroatoms. The molecule has 0 aliphatic heterocycles. The number of nitrogens with zero attached hydrogens (tertiary/aromatic N) is 2. The lowest BCUT2D eigenvalue weighted by Crippen LogP contribution is -2.33. The first kappa shape index (κ1) is 13.9. The molecule has 1 aromatic heterocycles. The van der Waals surface area contributed by atoms with E-state index in [-0.39, 0.29) is 12.3 Å². The van der Waals surface area contributed by atoms with Crippen LogP contribution in [0, 0.1) is 11.3 Å². The lowest BCUT2D eigenvalue weighted by atomic mass is 9.80. The van der Waals surface area contributed by atoms with Gasteiger partial charge in [0.1, 0.15) is 24.1 Å². The molecular formula is C13H9BF3N2O-. The summed E-state index contributed by atoms with van der Waals surface area (Å²) in [5.74, 6) is 0.307. The molecule has 1 aromatic carbocycles. The topological polar surface area (TPSA) is 45.9 Å². The second-order valence-corrected chi connectivity index (χ2v) is 4.06. The van der Waals surface area contributed by atoms with Crippen molar-refractivity contribution in [3.05, 3.63) is 53.9 Å². The van der Waals surface area contributed by atoms with E-state index in [1.165, 1.54) is 18.3 Å². The van der Waals surface area contributed by atoms with Crippen LogP contribution in [0.1, 0.15) is 11.3 Å². The van der Waals surface area contributed by atoms with E-state index in [0.717, 1.165) is 12.1 Å². The highest BCUT2D eigenvalue weighted by Crippen LogP contribution is 2.15. The van der Waals surface area contributed by atoms with Crippen molar-refractivity contribution < 1.29 is 17.7 Å². The van der Waals surface area contributed by atoms with Crippen LogP contribution < -0.4 is 10.2 Å². The lowest BCUT2D eigenvalue weighted by Gasteiger charge is -2.15. The SMILES string of the molecule is N#Cc1ncccc1COc1ccc([B-](F)(F)F)cc1. The van der Waals surface area contributed by atoms with Gasteiger partial charge in [-0.25, -0.2) is 4.98 Å². The number of aromatic nitrogens is 1. The van der Waals surface area contributed by atoms with Crippen molar-refractivity contribution in [3.63, 3.8) is 0 Å². The fourth-order valence-corrected chi connectivity index (χ4v) is 1.60. The molecule has 0 unspecified atom stereocenters. The minimum absolute atomic E-state index is 0.0766. The number of benzene rings is 1. The number of nitriles is 1. The van der Waals surface area contributed by atoms with Gasteiger partial charge in [-0.3, -0.25) is 0 Å². The average molecular weight is 277 g/mol. The Morgan fingerprint density at radius 3 is 2.45 bits per heavy atom. The summed E-state index contributed by atoms with van der Waals surface area (Å²) in [4.78, 5) is 3.87. The van der Waals surface area contributed by atoms with Crippen molar-refractivity contribution in [2.75, 3.05) is 0 Å². The summed E-state index contributed by atoms with van der Waals surface area (Å²) in [6.07, 6.45) is 1.49. The summed E-state index contributed by atoms with van der Waals surface area (Å²) in [6, 6.07) is 9.73. The van der Waals surface area contributed by atoms with Gasteiger partial charge < -0.3 is 17.7 Å². The van der Waals surface area contributed by atoms with Crippen LogP contribution in [0.2, 0.25) is 0 Å². The molecule has 0 N–H and O–H groups in total. The number of halogens is 3. The Morgan fingerprint density at radius 1 is 1.15 bits per heavy atom. The predicted molar refractivity (Wildman–Crippen MR) is 68.4 cm³/mol. The Hall–Kier alpha value is -2.49. The van der Waals surface area contributed by atoms with E-state index in [1.807, 2.05) is 6.07 Å². The van der Waals surface area contributed by atoms with E-state index < -0.39 is 12.4 Å². The summed E-state index contributed by atoms with van der Waals surface area (Å²) in [6.45, 7) is -4.92. The van der Waals surface area contributed by atoms with Crippen molar-refractivity contribution in [1.29, 1.82) is 5.26 Å². The molecule has 0 fully saturated rings. The summed E-state index contributed by atoms with van der Waals surface area (Å²) >= 11 is 0. The number of hydrogen-bond donors (Lipinski definition) is 0. The first-order valence-corrected chi connectivity index (χ1v) is 5.77. The smallest absolute Gasteiger partial charge is 0.489 e. The van der Waals surface area contributed by atoms with Gasteiger partial charge in [-0.1, -0.05) is 18.2 Å². The second-order valence-electron chi connectivity index (χ2n) is 4.06.